The average molecular weight is 246 g/mol. The van der Waals surface area contributed by atoms with E-state index in [0.717, 1.165) is 22.7 Å². The average Bonchev–Trinajstić information content (AvgIpc) is 2.72. The van der Waals surface area contributed by atoms with Gasteiger partial charge in [0.1, 0.15) is 18.7 Å². The predicted molar refractivity (Wildman–Crippen MR) is 69.1 cm³/mol. The second kappa shape index (κ2) is 5.18. The zero-order valence-corrected chi connectivity index (χ0v) is 10.9. The highest BCUT2D eigenvalue weighted by atomic mass is 16.5. The van der Waals surface area contributed by atoms with E-state index in [-0.39, 0.29) is 6.04 Å². The summed E-state index contributed by atoms with van der Waals surface area (Å²) in [5.74, 6) is 1.60. The highest BCUT2D eigenvalue weighted by Gasteiger charge is 2.09. The minimum absolute atomic E-state index is 0.0555. The van der Waals surface area contributed by atoms with Gasteiger partial charge in [-0.3, -0.25) is 4.68 Å². The third-order valence-corrected chi connectivity index (χ3v) is 2.82. The molecule has 0 saturated carbocycles. The maximum atomic E-state index is 5.93. The van der Waals surface area contributed by atoms with Gasteiger partial charge in [0.05, 0.1) is 0 Å². The van der Waals surface area contributed by atoms with E-state index >= 15 is 0 Å². The van der Waals surface area contributed by atoms with Crippen LogP contribution < -0.4 is 10.5 Å². The number of rotatable bonds is 4. The third-order valence-electron chi connectivity index (χ3n) is 2.82. The van der Waals surface area contributed by atoms with Gasteiger partial charge in [-0.25, -0.2) is 4.98 Å². The van der Waals surface area contributed by atoms with Crippen LogP contribution in [-0.4, -0.2) is 14.8 Å². The molecule has 0 aliphatic rings. The molecule has 1 aromatic carbocycles. The van der Waals surface area contributed by atoms with E-state index in [2.05, 4.69) is 10.1 Å². The molecule has 5 nitrogen and oxygen atoms in total. The van der Waals surface area contributed by atoms with Gasteiger partial charge in [0.2, 0.25) is 0 Å². The summed E-state index contributed by atoms with van der Waals surface area (Å²) in [5.41, 5.74) is 8.08. The van der Waals surface area contributed by atoms with Crippen LogP contribution in [0.15, 0.2) is 24.5 Å². The Hall–Kier alpha value is -1.88. The summed E-state index contributed by atoms with van der Waals surface area (Å²) in [4.78, 5) is 4.12. The number of nitrogens with zero attached hydrogens (tertiary/aromatic N) is 3. The standard InChI is InChI=1S/C13H18N4O/c1-9-4-5-11(10(2)14)12(6-9)18-7-13-15-8-16-17(13)3/h4-6,8,10H,7,14H2,1-3H3/t10-/m0/s1. The number of aryl methyl sites for hydroxylation is 2. The van der Waals surface area contributed by atoms with Crippen molar-refractivity contribution >= 4 is 0 Å². The lowest BCUT2D eigenvalue weighted by Gasteiger charge is -2.14. The van der Waals surface area contributed by atoms with Crippen molar-refractivity contribution in [2.75, 3.05) is 0 Å². The zero-order valence-electron chi connectivity index (χ0n) is 10.9. The Labute approximate surface area is 107 Å². The summed E-state index contributed by atoms with van der Waals surface area (Å²) in [6.07, 6.45) is 1.52. The SMILES string of the molecule is Cc1ccc([C@H](C)N)c(OCc2ncnn2C)c1. The van der Waals surface area contributed by atoms with Crippen LogP contribution in [0.2, 0.25) is 0 Å². The minimum Gasteiger partial charge on any atom is -0.485 e. The van der Waals surface area contributed by atoms with E-state index in [1.165, 1.54) is 6.33 Å². The van der Waals surface area contributed by atoms with Crippen molar-refractivity contribution in [3.8, 4) is 5.75 Å². The van der Waals surface area contributed by atoms with Gasteiger partial charge < -0.3 is 10.5 Å². The molecule has 0 radical (unpaired) electrons. The summed E-state index contributed by atoms with van der Waals surface area (Å²) >= 11 is 0. The van der Waals surface area contributed by atoms with E-state index in [1.54, 1.807) is 4.68 Å². The molecule has 2 rings (SSSR count). The Morgan fingerprint density at radius 1 is 1.44 bits per heavy atom. The zero-order chi connectivity index (χ0) is 13.1. The van der Waals surface area contributed by atoms with Gasteiger partial charge in [-0.15, -0.1) is 0 Å². The fraction of sp³-hybridized carbons (Fsp3) is 0.385. The largest absolute Gasteiger partial charge is 0.485 e. The lowest BCUT2D eigenvalue weighted by atomic mass is 10.1. The quantitative estimate of drug-likeness (QED) is 0.892. The van der Waals surface area contributed by atoms with Crippen LogP contribution in [0, 0.1) is 6.92 Å². The molecule has 0 spiro atoms. The predicted octanol–water partition coefficient (Wildman–Crippen LogP) is 1.72. The smallest absolute Gasteiger partial charge is 0.164 e. The molecule has 0 saturated heterocycles. The van der Waals surface area contributed by atoms with Gasteiger partial charge in [0, 0.05) is 18.7 Å². The molecule has 96 valence electrons. The van der Waals surface area contributed by atoms with Crippen molar-refractivity contribution in [3.05, 3.63) is 41.5 Å². The molecule has 5 heteroatoms. The Morgan fingerprint density at radius 2 is 2.22 bits per heavy atom. The molecular weight excluding hydrogens is 228 g/mol. The van der Waals surface area contributed by atoms with Crippen LogP contribution in [0.5, 0.6) is 5.75 Å². The molecule has 1 atom stereocenters. The Morgan fingerprint density at radius 3 is 2.83 bits per heavy atom. The van der Waals surface area contributed by atoms with Crippen LogP contribution in [-0.2, 0) is 13.7 Å². The Bertz CT molecular complexity index is 534. The summed E-state index contributed by atoms with van der Waals surface area (Å²) in [6, 6.07) is 5.98. The molecule has 0 aliphatic heterocycles. The molecule has 0 unspecified atom stereocenters. The first-order valence-electron chi connectivity index (χ1n) is 5.89. The summed E-state index contributed by atoms with van der Waals surface area (Å²) < 4.78 is 7.50. The Balaban J connectivity index is 2.18. The lowest BCUT2D eigenvalue weighted by molar-refractivity contribution is 0.285. The van der Waals surface area contributed by atoms with E-state index in [0.29, 0.717) is 6.61 Å². The number of ether oxygens (including phenoxy) is 1. The van der Waals surface area contributed by atoms with E-state index < -0.39 is 0 Å². The van der Waals surface area contributed by atoms with E-state index in [1.807, 2.05) is 39.1 Å². The Kier molecular flexibility index (Phi) is 3.62. The highest BCUT2D eigenvalue weighted by Crippen LogP contribution is 2.25. The number of hydrogen-bond donors (Lipinski definition) is 1. The van der Waals surface area contributed by atoms with Gasteiger partial charge >= 0.3 is 0 Å². The van der Waals surface area contributed by atoms with Crippen molar-refractivity contribution < 1.29 is 4.74 Å². The molecule has 0 amide bonds. The maximum Gasteiger partial charge on any atom is 0.164 e. The van der Waals surface area contributed by atoms with E-state index in [4.69, 9.17) is 10.5 Å². The second-order valence-corrected chi connectivity index (χ2v) is 4.42. The van der Waals surface area contributed by atoms with Gasteiger partial charge in [-0.2, -0.15) is 5.10 Å². The maximum absolute atomic E-state index is 5.93. The van der Waals surface area contributed by atoms with Crippen molar-refractivity contribution in [3.63, 3.8) is 0 Å². The first-order valence-corrected chi connectivity index (χ1v) is 5.89. The van der Waals surface area contributed by atoms with Crippen LogP contribution in [0.3, 0.4) is 0 Å². The van der Waals surface area contributed by atoms with Gasteiger partial charge in [0.25, 0.3) is 0 Å². The highest BCUT2D eigenvalue weighted by molar-refractivity contribution is 5.38. The molecule has 0 aliphatic carbocycles. The van der Waals surface area contributed by atoms with Crippen molar-refractivity contribution in [1.29, 1.82) is 0 Å². The third kappa shape index (κ3) is 2.68. The van der Waals surface area contributed by atoms with Gasteiger partial charge in [0.15, 0.2) is 5.82 Å². The van der Waals surface area contributed by atoms with E-state index in [9.17, 15) is 0 Å². The minimum atomic E-state index is -0.0555. The van der Waals surface area contributed by atoms with Crippen molar-refractivity contribution in [2.24, 2.45) is 12.8 Å². The fourth-order valence-electron chi connectivity index (χ4n) is 1.74. The molecule has 1 heterocycles. The van der Waals surface area contributed by atoms with Gasteiger partial charge in [-0.1, -0.05) is 12.1 Å². The monoisotopic (exact) mass is 246 g/mol. The van der Waals surface area contributed by atoms with Crippen LogP contribution in [0.4, 0.5) is 0 Å². The molecule has 0 fully saturated rings. The van der Waals surface area contributed by atoms with Crippen LogP contribution in [0.25, 0.3) is 0 Å². The summed E-state index contributed by atoms with van der Waals surface area (Å²) in [7, 11) is 1.84. The first-order chi connectivity index (χ1) is 8.58. The lowest BCUT2D eigenvalue weighted by Crippen LogP contribution is -2.10. The van der Waals surface area contributed by atoms with Gasteiger partial charge in [-0.05, 0) is 25.5 Å². The van der Waals surface area contributed by atoms with Crippen LogP contribution >= 0.6 is 0 Å². The second-order valence-electron chi connectivity index (χ2n) is 4.42. The molecule has 2 N–H and O–H groups in total. The van der Waals surface area contributed by atoms with Crippen molar-refractivity contribution in [1.82, 2.24) is 14.8 Å². The number of hydrogen-bond acceptors (Lipinski definition) is 4. The molecule has 1 aromatic heterocycles. The normalized spacial score (nSPS) is 12.4. The van der Waals surface area contributed by atoms with Crippen LogP contribution in [0.1, 0.15) is 29.9 Å². The molecular formula is C13H18N4O. The molecule has 18 heavy (non-hydrogen) atoms. The number of aromatic nitrogens is 3. The molecule has 0 bridgehead atoms. The fourth-order valence-corrected chi connectivity index (χ4v) is 1.74. The number of benzene rings is 1. The first kappa shape index (κ1) is 12.6. The number of nitrogens with two attached hydrogens (primary N) is 1. The summed E-state index contributed by atoms with van der Waals surface area (Å²) in [6.45, 7) is 4.36. The van der Waals surface area contributed by atoms with Crippen molar-refractivity contribution in [2.45, 2.75) is 26.5 Å². The summed E-state index contributed by atoms with van der Waals surface area (Å²) in [5, 5.41) is 4.00. The molecule has 2 aromatic rings. The topological polar surface area (TPSA) is 66.0 Å².